The van der Waals surface area contributed by atoms with E-state index in [2.05, 4.69) is 13.8 Å². The van der Waals surface area contributed by atoms with Gasteiger partial charge in [0.15, 0.2) is 5.79 Å². The van der Waals surface area contributed by atoms with Gasteiger partial charge in [0.25, 0.3) is 0 Å². The van der Waals surface area contributed by atoms with E-state index in [0.717, 1.165) is 38.5 Å². The Labute approximate surface area is 230 Å². The molecule has 0 aliphatic heterocycles. The molecular formula is C28H47ClO5PS+. The molecule has 1 aromatic carbocycles. The number of ether oxygens (including phenoxy) is 2. The van der Waals surface area contributed by atoms with Crippen LogP contribution in [0.2, 0.25) is 5.02 Å². The van der Waals surface area contributed by atoms with Crippen molar-refractivity contribution in [3.63, 3.8) is 0 Å². The number of benzene rings is 1. The van der Waals surface area contributed by atoms with E-state index in [-0.39, 0.29) is 5.92 Å². The molecule has 0 saturated carbocycles. The van der Waals surface area contributed by atoms with Gasteiger partial charge in [0.05, 0.1) is 0 Å². The second kappa shape index (κ2) is 17.8. The summed E-state index contributed by atoms with van der Waals surface area (Å²) in [7, 11) is -1.17. The highest BCUT2D eigenvalue weighted by atomic mass is 35.5. The van der Waals surface area contributed by atoms with Gasteiger partial charge in [0.1, 0.15) is 5.44 Å². The minimum absolute atomic E-state index is 0.248. The quantitative estimate of drug-likeness (QED) is 0.0676. The number of hydrogen-bond acceptors (Lipinski definition) is 5. The molecule has 206 valence electrons. The number of aliphatic carboxylic acids is 1. The van der Waals surface area contributed by atoms with Crippen LogP contribution in [0.3, 0.4) is 0 Å². The molecule has 0 heterocycles. The number of thiol groups is 1. The molecule has 0 spiro atoms. The van der Waals surface area contributed by atoms with Crippen molar-refractivity contribution in [1.29, 1.82) is 0 Å². The molecule has 5 atom stereocenters. The summed E-state index contributed by atoms with van der Waals surface area (Å²) in [5.74, 6) is -2.21. The van der Waals surface area contributed by atoms with E-state index in [9.17, 15) is 14.5 Å². The van der Waals surface area contributed by atoms with Crippen LogP contribution in [0, 0.1) is 0 Å². The van der Waals surface area contributed by atoms with Crippen molar-refractivity contribution >= 4 is 38.7 Å². The lowest BCUT2D eigenvalue weighted by Gasteiger charge is -2.38. The summed E-state index contributed by atoms with van der Waals surface area (Å²) in [6, 6.07) is 7.87. The number of rotatable bonds is 21. The molecular weight excluding hydrogens is 515 g/mol. The molecule has 1 rings (SSSR count). The Morgan fingerprint density at radius 2 is 1.61 bits per heavy atom. The Bertz CT molecular complexity index is 765. The first kappa shape index (κ1) is 33.4. The number of carbonyl (C=O) groups is 1. The van der Waals surface area contributed by atoms with Crippen LogP contribution in [0.25, 0.3) is 0 Å². The lowest BCUT2D eigenvalue weighted by molar-refractivity contribution is -0.277. The van der Waals surface area contributed by atoms with E-state index in [1.807, 2.05) is 31.2 Å². The molecule has 0 aromatic heterocycles. The smallest absolute Gasteiger partial charge is 0.387 e. The van der Waals surface area contributed by atoms with Gasteiger partial charge in [-0.05, 0) is 49.3 Å². The highest BCUT2D eigenvalue weighted by molar-refractivity contribution is 7.80. The van der Waals surface area contributed by atoms with E-state index in [0.29, 0.717) is 17.9 Å². The maximum Gasteiger partial charge on any atom is 0.387 e. The number of unbranched alkanes of at least 4 members (excludes halogenated alkanes) is 6. The van der Waals surface area contributed by atoms with Gasteiger partial charge < -0.3 is 9.84 Å². The Morgan fingerprint density at radius 1 is 1.00 bits per heavy atom. The lowest BCUT2D eigenvalue weighted by atomic mass is 9.88. The molecule has 0 saturated heterocycles. The highest BCUT2D eigenvalue weighted by Crippen LogP contribution is 2.40. The molecule has 0 aliphatic carbocycles. The van der Waals surface area contributed by atoms with Crippen LogP contribution >= 0.6 is 32.7 Å². The van der Waals surface area contributed by atoms with Gasteiger partial charge in [-0.1, -0.05) is 100 Å². The summed E-state index contributed by atoms with van der Waals surface area (Å²) in [5.41, 5.74) is 0.789. The van der Waals surface area contributed by atoms with E-state index in [1.54, 1.807) is 0 Å². The highest BCUT2D eigenvalue weighted by Gasteiger charge is 2.51. The normalized spacial score (nSPS) is 16.8. The van der Waals surface area contributed by atoms with E-state index >= 15 is 0 Å². The monoisotopic (exact) mass is 561 g/mol. The first-order valence-electron chi connectivity index (χ1n) is 13.6. The van der Waals surface area contributed by atoms with Gasteiger partial charge >= 0.3 is 19.8 Å². The Hall–Kier alpha value is -0.650. The zero-order chi connectivity index (χ0) is 27.0. The van der Waals surface area contributed by atoms with Crippen LogP contribution < -0.4 is 0 Å². The van der Waals surface area contributed by atoms with Crippen LogP contribution in [-0.2, 0) is 18.8 Å². The van der Waals surface area contributed by atoms with Gasteiger partial charge in [-0.25, -0.2) is 4.79 Å². The lowest BCUT2D eigenvalue weighted by Crippen LogP contribution is -2.47. The van der Waals surface area contributed by atoms with Gasteiger partial charge in [0, 0.05) is 18.4 Å². The van der Waals surface area contributed by atoms with Crippen molar-refractivity contribution in [2.75, 3.05) is 0 Å². The maximum absolute atomic E-state index is 11.9. The maximum atomic E-state index is 11.9. The topological polar surface area (TPSA) is 72.8 Å². The molecule has 0 radical (unpaired) electrons. The standard InChI is InChI=1S/C28H46ClO5PS/c1-5-8-9-10-11-12-13-15-25(36)33-28(7-3,34-27(4,35-32)26(30)31)21-20-22(14-6-2)23-16-18-24(29)19-17-23/h16-19,22,25,36H,5-15,20-21H2,1-4H3,(H,30,31)/p+1. The van der Waals surface area contributed by atoms with Crippen molar-refractivity contribution in [3.05, 3.63) is 34.9 Å². The number of hydrogen-bond donors (Lipinski definition) is 2. The van der Waals surface area contributed by atoms with Crippen LogP contribution in [0.5, 0.6) is 0 Å². The van der Waals surface area contributed by atoms with Crippen molar-refractivity contribution < 1.29 is 23.9 Å². The summed E-state index contributed by atoms with van der Waals surface area (Å²) >= 11 is 10.8. The molecule has 36 heavy (non-hydrogen) atoms. The van der Waals surface area contributed by atoms with E-state index < -0.39 is 31.0 Å². The van der Waals surface area contributed by atoms with Gasteiger partial charge in [0.2, 0.25) is 0 Å². The van der Waals surface area contributed by atoms with Crippen LogP contribution in [0.15, 0.2) is 24.3 Å². The summed E-state index contributed by atoms with van der Waals surface area (Å²) in [6.45, 7) is 7.63. The third kappa shape index (κ3) is 11.8. The molecule has 8 heteroatoms. The van der Waals surface area contributed by atoms with E-state index in [4.69, 9.17) is 33.7 Å². The Morgan fingerprint density at radius 3 is 2.14 bits per heavy atom. The molecule has 5 nitrogen and oxygen atoms in total. The number of halogens is 1. The van der Waals surface area contributed by atoms with Crippen molar-refractivity contribution in [3.8, 4) is 0 Å². The number of carboxylic acid groups (broad SMARTS) is 1. The SMILES string of the molecule is CCCCCCCCCC(S)OC(CC)(CCC(CCC)c1ccc(Cl)cc1)OC(C)([PH+]=O)C(=O)O. The van der Waals surface area contributed by atoms with Crippen molar-refractivity contribution in [2.24, 2.45) is 0 Å². The average Bonchev–Trinajstić information content (AvgIpc) is 2.86. The fourth-order valence-corrected chi connectivity index (χ4v) is 5.30. The first-order chi connectivity index (χ1) is 17.1. The van der Waals surface area contributed by atoms with Crippen molar-refractivity contribution in [1.82, 2.24) is 0 Å². The summed E-state index contributed by atoms with van der Waals surface area (Å²) in [5, 5.41) is 8.60. The largest absolute Gasteiger partial charge is 0.476 e. The predicted octanol–water partition coefficient (Wildman–Crippen LogP) is 9.36. The van der Waals surface area contributed by atoms with Gasteiger partial charge in [-0.15, -0.1) is 12.6 Å². The zero-order valence-electron chi connectivity index (χ0n) is 22.6. The van der Waals surface area contributed by atoms with Crippen LogP contribution in [0.1, 0.15) is 123 Å². The second-order valence-corrected chi connectivity index (χ2v) is 12.0. The fourth-order valence-electron chi connectivity index (χ4n) is 4.48. The predicted molar refractivity (Wildman–Crippen MR) is 154 cm³/mol. The van der Waals surface area contributed by atoms with Crippen LogP contribution in [0.4, 0.5) is 0 Å². The molecule has 1 aromatic rings. The molecule has 1 N–H and O–H groups in total. The summed E-state index contributed by atoms with van der Waals surface area (Å²) < 4.78 is 24.4. The minimum Gasteiger partial charge on any atom is -0.476 e. The summed E-state index contributed by atoms with van der Waals surface area (Å²) in [4.78, 5) is 11.9. The minimum atomic E-state index is -1.84. The summed E-state index contributed by atoms with van der Waals surface area (Å²) in [6.07, 6.45) is 12.7. The Balaban J connectivity index is 2.97. The molecule has 0 aliphatic rings. The van der Waals surface area contributed by atoms with Gasteiger partial charge in [-0.3, -0.25) is 4.74 Å². The number of carboxylic acids is 1. The van der Waals surface area contributed by atoms with Crippen molar-refractivity contribution in [2.45, 2.75) is 134 Å². The molecule has 0 amide bonds. The molecule has 0 fully saturated rings. The molecule has 0 bridgehead atoms. The fraction of sp³-hybridized carbons (Fsp3) is 0.750. The van der Waals surface area contributed by atoms with E-state index in [1.165, 1.54) is 44.6 Å². The second-order valence-electron chi connectivity index (χ2n) is 9.87. The first-order valence-corrected chi connectivity index (χ1v) is 15.4. The third-order valence-corrected chi connectivity index (χ3v) is 8.11. The van der Waals surface area contributed by atoms with Gasteiger partial charge in [-0.2, -0.15) is 0 Å². The Kier molecular flexibility index (Phi) is 16.5. The van der Waals surface area contributed by atoms with Crippen LogP contribution in [-0.4, -0.2) is 27.6 Å². The molecule has 5 unspecified atom stereocenters. The average molecular weight is 562 g/mol. The zero-order valence-corrected chi connectivity index (χ0v) is 25.2. The third-order valence-electron chi connectivity index (χ3n) is 6.79.